The van der Waals surface area contributed by atoms with Gasteiger partial charge in [-0.1, -0.05) is 24.3 Å². The Kier molecular flexibility index (Phi) is 2.44. The lowest BCUT2D eigenvalue weighted by atomic mass is 10.1. The van der Waals surface area contributed by atoms with Crippen LogP contribution in [0.3, 0.4) is 0 Å². The molecule has 0 saturated carbocycles. The fourth-order valence-electron chi connectivity index (χ4n) is 0.772. The van der Waals surface area contributed by atoms with Crippen LogP contribution in [-0.4, -0.2) is 11.4 Å². The van der Waals surface area contributed by atoms with Gasteiger partial charge < -0.3 is 5.11 Å². The standard InChI is InChI=1S/C9H8O2/c10-6-5-8-1-3-9(7-11)4-2-8/h1-7,10H/b6-5-. The maximum atomic E-state index is 10.2. The molecule has 1 rings (SSSR count). The number of aliphatic hydroxyl groups excluding tert-OH is 1. The maximum Gasteiger partial charge on any atom is 0.150 e. The Labute approximate surface area is 64.8 Å². The Morgan fingerprint density at radius 1 is 1.09 bits per heavy atom. The fourth-order valence-corrected chi connectivity index (χ4v) is 0.772. The zero-order valence-electron chi connectivity index (χ0n) is 5.90. The van der Waals surface area contributed by atoms with Crippen LogP contribution in [0.1, 0.15) is 15.9 Å². The second-order valence-electron chi connectivity index (χ2n) is 2.10. The average molecular weight is 148 g/mol. The van der Waals surface area contributed by atoms with E-state index in [-0.39, 0.29) is 0 Å². The molecular formula is C9H8O2. The van der Waals surface area contributed by atoms with Crippen LogP contribution in [0.25, 0.3) is 6.08 Å². The van der Waals surface area contributed by atoms with Gasteiger partial charge in [0, 0.05) is 5.56 Å². The number of hydrogen-bond acceptors (Lipinski definition) is 2. The van der Waals surface area contributed by atoms with E-state index in [1.165, 1.54) is 0 Å². The van der Waals surface area contributed by atoms with Gasteiger partial charge in [-0.2, -0.15) is 0 Å². The average Bonchev–Trinajstić information content (AvgIpc) is 2.07. The summed E-state index contributed by atoms with van der Waals surface area (Å²) in [6, 6.07) is 6.91. The lowest BCUT2D eigenvalue weighted by Crippen LogP contribution is -1.78. The van der Waals surface area contributed by atoms with Crippen molar-refractivity contribution in [1.29, 1.82) is 0 Å². The molecule has 0 amide bonds. The molecule has 0 bridgehead atoms. The Hall–Kier alpha value is -1.57. The van der Waals surface area contributed by atoms with E-state index in [9.17, 15) is 4.79 Å². The predicted octanol–water partition coefficient (Wildman–Crippen LogP) is 2.03. The van der Waals surface area contributed by atoms with Gasteiger partial charge in [-0.25, -0.2) is 0 Å². The third kappa shape index (κ3) is 1.93. The maximum absolute atomic E-state index is 10.2. The summed E-state index contributed by atoms with van der Waals surface area (Å²) in [5, 5.41) is 8.40. The molecule has 0 heterocycles. The molecule has 1 aromatic carbocycles. The van der Waals surface area contributed by atoms with Crippen LogP contribution in [0.2, 0.25) is 0 Å². The van der Waals surface area contributed by atoms with Crippen molar-refractivity contribution < 1.29 is 9.90 Å². The molecule has 0 aliphatic carbocycles. The highest BCUT2D eigenvalue weighted by molar-refractivity contribution is 5.75. The fraction of sp³-hybridized carbons (Fsp3) is 0. The Balaban J connectivity index is 2.91. The molecule has 1 N–H and O–H groups in total. The number of hydrogen-bond donors (Lipinski definition) is 1. The van der Waals surface area contributed by atoms with E-state index in [0.717, 1.165) is 18.1 Å². The Morgan fingerprint density at radius 2 is 1.64 bits per heavy atom. The van der Waals surface area contributed by atoms with Gasteiger partial charge in [0.1, 0.15) is 6.29 Å². The van der Waals surface area contributed by atoms with Gasteiger partial charge in [0.05, 0.1) is 6.26 Å². The molecule has 0 saturated heterocycles. The molecule has 2 heteroatoms. The van der Waals surface area contributed by atoms with Crippen LogP contribution < -0.4 is 0 Å². The first-order valence-corrected chi connectivity index (χ1v) is 3.23. The van der Waals surface area contributed by atoms with E-state index in [1.54, 1.807) is 30.3 Å². The molecule has 0 aliphatic rings. The van der Waals surface area contributed by atoms with Crippen LogP contribution >= 0.6 is 0 Å². The number of aliphatic hydroxyl groups is 1. The van der Waals surface area contributed by atoms with Gasteiger partial charge in [-0.15, -0.1) is 0 Å². The first-order chi connectivity index (χ1) is 5.36. The molecule has 2 nitrogen and oxygen atoms in total. The van der Waals surface area contributed by atoms with E-state index >= 15 is 0 Å². The third-order valence-corrected chi connectivity index (χ3v) is 1.34. The first-order valence-electron chi connectivity index (χ1n) is 3.23. The monoisotopic (exact) mass is 148 g/mol. The number of carbonyl (C=O) groups is 1. The van der Waals surface area contributed by atoms with Crippen LogP contribution in [0, 0.1) is 0 Å². The topological polar surface area (TPSA) is 37.3 Å². The quantitative estimate of drug-likeness (QED) is 0.514. The second kappa shape index (κ2) is 3.56. The molecule has 1 aromatic rings. The molecule has 0 atom stereocenters. The van der Waals surface area contributed by atoms with Crippen LogP contribution in [-0.2, 0) is 0 Å². The Bertz CT molecular complexity index is 259. The summed E-state index contributed by atoms with van der Waals surface area (Å²) < 4.78 is 0. The van der Waals surface area contributed by atoms with Gasteiger partial charge in [0.15, 0.2) is 0 Å². The van der Waals surface area contributed by atoms with Gasteiger partial charge in [0.25, 0.3) is 0 Å². The molecule has 56 valence electrons. The normalized spacial score (nSPS) is 10.2. The molecular weight excluding hydrogens is 140 g/mol. The predicted molar refractivity (Wildman–Crippen MR) is 43.5 cm³/mol. The summed E-state index contributed by atoms with van der Waals surface area (Å²) in [6.45, 7) is 0. The van der Waals surface area contributed by atoms with Crippen LogP contribution in [0.5, 0.6) is 0 Å². The highest BCUT2D eigenvalue weighted by Crippen LogP contribution is 2.03. The molecule has 0 radical (unpaired) electrons. The molecule has 0 unspecified atom stereocenters. The minimum Gasteiger partial charge on any atom is -0.516 e. The van der Waals surface area contributed by atoms with Gasteiger partial charge in [0.2, 0.25) is 0 Å². The van der Waals surface area contributed by atoms with Crippen molar-refractivity contribution in [2.45, 2.75) is 0 Å². The second-order valence-corrected chi connectivity index (χ2v) is 2.10. The zero-order chi connectivity index (χ0) is 8.10. The van der Waals surface area contributed by atoms with Crippen molar-refractivity contribution in [3.8, 4) is 0 Å². The number of benzene rings is 1. The highest BCUT2D eigenvalue weighted by atomic mass is 16.2. The lowest BCUT2D eigenvalue weighted by molar-refractivity contribution is 0.112. The van der Waals surface area contributed by atoms with E-state index in [2.05, 4.69) is 0 Å². The summed E-state index contributed by atoms with van der Waals surface area (Å²) in [6.07, 6.45) is 3.30. The molecule has 0 aliphatic heterocycles. The summed E-state index contributed by atoms with van der Waals surface area (Å²) in [5.41, 5.74) is 1.51. The van der Waals surface area contributed by atoms with E-state index in [4.69, 9.17) is 5.11 Å². The summed E-state index contributed by atoms with van der Waals surface area (Å²) in [5.74, 6) is 0. The van der Waals surface area contributed by atoms with E-state index < -0.39 is 0 Å². The number of aldehydes is 1. The van der Waals surface area contributed by atoms with Crippen molar-refractivity contribution >= 4 is 12.4 Å². The number of carbonyl (C=O) groups excluding carboxylic acids is 1. The molecule has 0 aromatic heterocycles. The summed E-state index contributed by atoms with van der Waals surface area (Å²) in [4.78, 5) is 10.2. The zero-order valence-corrected chi connectivity index (χ0v) is 5.90. The molecule has 0 spiro atoms. The minimum absolute atomic E-state index is 0.639. The van der Waals surface area contributed by atoms with Gasteiger partial charge in [-0.3, -0.25) is 4.79 Å². The van der Waals surface area contributed by atoms with E-state index in [0.29, 0.717) is 5.56 Å². The van der Waals surface area contributed by atoms with E-state index in [1.807, 2.05) is 0 Å². The lowest BCUT2D eigenvalue weighted by Gasteiger charge is -1.91. The van der Waals surface area contributed by atoms with Crippen molar-refractivity contribution in [2.24, 2.45) is 0 Å². The van der Waals surface area contributed by atoms with Crippen molar-refractivity contribution in [1.82, 2.24) is 0 Å². The summed E-state index contributed by atoms with van der Waals surface area (Å²) >= 11 is 0. The highest BCUT2D eigenvalue weighted by Gasteiger charge is 1.87. The van der Waals surface area contributed by atoms with Crippen molar-refractivity contribution in [3.63, 3.8) is 0 Å². The number of rotatable bonds is 2. The third-order valence-electron chi connectivity index (χ3n) is 1.34. The smallest absolute Gasteiger partial charge is 0.150 e. The van der Waals surface area contributed by atoms with Crippen molar-refractivity contribution in [3.05, 3.63) is 41.7 Å². The summed E-state index contributed by atoms with van der Waals surface area (Å²) in [7, 11) is 0. The SMILES string of the molecule is O=Cc1ccc(/C=C\O)cc1. The largest absolute Gasteiger partial charge is 0.516 e. The van der Waals surface area contributed by atoms with Crippen molar-refractivity contribution in [2.75, 3.05) is 0 Å². The van der Waals surface area contributed by atoms with Crippen LogP contribution in [0.15, 0.2) is 30.5 Å². The van der Waals surface area contributed by atoms with Gasteiger partial charge >= 0.3 is 0 Å². The minimum atomic E-state index is 0.639. The molecule has 0 fully saturated rings. The van der Waals surface area contributed by atoms with Crippen LogP contribution in [0.4, 0.5) is 0 Å². The first kappa shape index (κ1) is 7.54. The van der Waals surface area contributed by atoms with Gasteiger partial charge in [-0.05, 0) is 11.6 Å². The molecule has 11 heavy (non-hydrogen) atoms. The Morgan fingerprint density at radius 3 is 2.09 bits per heavy atom.